The zero-order chi connectivity index (χ0) is 17.5. The summed E-state index contributed by atoms with van der Waals surface area (Å²) in [4.78, 5) is 4.85. The quantitative estimate of drug-likeness (QED) is 0.287. The van der Waals surface area contributed by atoms with Gasteiger partial charge in [0.25, 0.3) is 0 Å². The van der Waals surface area contributed by atoms with Gasteiger partial charge < -0.3 is 27.6 Å². The van der Waals surface area contributed by atoms with Crippen molar-refractivity contribution >= 4 is 11.4 Å². The number of benzene rings is 1. The van der Waals surface area contributed by atoms with E-state index in [9.17, 15) is 0 Å². The van der Waals surface area contributed by atoms with Crippen LogP contribution in [0.15, 0.2) is 35.0 Å². The molecule has 0 aliphatic heterocycles. The fourth-order valence-electron chi connectivity index (χ4n) is 3.16. The molecule has 0 unspecified atom stereocenters. The van der Waals surface area contributed by atoms with Crippen LogP contribution >= 0.6 is 0 Å². The summed E-state index contributed by atoms with van der Waals surface area (Å²) in [6.07, 6.45) is 8.03. The van der Waals surface area contributed by atoms with Crippen molar-refractivity contribution in [2.24, 2.45) is 4.99 Å². The van der Waals surface area contributed by atoms with Crippen molar-refractivity contribution in [3.63, 3.8) is 0 Å². The Balaban J connectivity index is -0.00000156. The molecule has 1 aromatic rings. The minimum absolute atomic E-state index is 0. The van der Waals surface area contributed by atoms with Gasteiger partial charge in [0.1, 0.15) is 0 Å². The van der Waals surface area contributed by atoms with Crippen molar-refractivity contribution in [1.29, 1.82) is 0 Å². The van der Waals surface area contributed by atoms with Crippen LogP contribution < -0.4 is 0 Å². The Labute approximate surface area is 195 Å². The smallest absolute Gasteiger partial charge is 0.656 e. The molecule has 1 aliphatic rings. The molecule has 0 radical (unpaired) electrons. The molecular formula is C25H42N2Zr. The van der Waals surface area contributed by atoms with E-state index in [2.05, 4.69) is 58.9 Å². The fraction of sp³-hybridized carbons (Fsp3) is 0.520. The molecule has 0 heterocycles. The number of para-hydroxylation sites is 1. The van der Waals surface area contributed by atoms with Crippen molar-refractivity contribution < 1.29 is 26.2 Å². The normalized spacial score (nSPS) is 14.4. The van der Waals surface area contributed by atoms with E-state index < -0.39 is 0 Å². The van der Waals surface area contributed by atoms with E-state index in [1.807, 2.05) is 0 Å². The third-order valence-electron chi connectivity index (χ3n) is 4.64. The molecule has 0 amide bonds. The Hall–Kier alpha value is -0.687. The van der Waals surface area contributed by atoms with Crippen LogP contribution in [0.3, 0.4) is 0 Å². The molecule has 0 atom stereocenters. The van der Waals surface area contributed by atoms with Crippen LogP contribution in [-0.2, 0) is 26.2 Å². The number of hydrogen-bond acceptors (Lipinski definition) is 1. The summed E-state index contributed by atoms with van der Waals surface area (Å²) in [5.74, 6) is 0.958. The molecule has 0 saturated heterocycles. The third kappa shape index (κ3) is 8.77. The molecule has 0 bridgehead atoms. The summed E-state index contributed by atoms with van der Waals surface area (Å²) >= 11 is 0. The van der Waals surface area contributed by atoms with Gasteiger partial charge in [-0.25, -0.2) is 0 Å². The van der Waals surface area contributed by atoms with Gasteiger partial charge in [-0.2, -0.15) is 0 Å². The van der Waals surface area contributed by atoms with Gasteiger partial charge in [0.15, 0.2) is 0 Å². The number of nitrogens with zero attached hydrogens (tertiary/aromatic N) is 2. The van der Waals surface area contributed by atoms with Crippen LogP contribution in [0.2, 0.25) is 0 Å². The predicted molar refractivity (Wildman–Crippen MR) is 126 cm³/mol. The van der Waals surface area contributed by atoms with E-state index in [1.54, 1.807) is 0 Å². The molecule has 0 N–H and O–H groups in total. The Morgan fingerprint density at radius 2 is 1.57 bits per heavy atom. The van der Waals surface area contributed by atoms with Gasteiger partial charge >= 0.3 is 26.2 Å². The number of aliphatic imine (C=N–C) groups is 1. The molecule has 0 aromatic heterocycles. The molecule has 0 saturated carbocycles. The minimum Gasteiger partial charge on any atom is -0.656 e. The first-order valence-electron chi connectivity index (χ1n) is 9.63. The number of unbranched alkanes of at least 4 members (excludes halogenated alkanes) is 1. The monoisotopic (exact) mass is 460 g/mol. The largest absolute Gasteiger partial charge is 4.00 e. The first kappa shape index (κ1) is 32.0. The number of allylic oxidation sites excluding steroid dienone is 2. The van der Waals surface area contributed by atoms with E-state index in [0.717, 1.165) is 31.5 Å². The maximum absolute atomic E-state index is 5.15. The van der Waals surface area contributed by atoms with Crippen LogP contribution in [0.25, 0.3) is 5.32 Å². The fourth-order valence-corrected chi connectivity index (χ4v) is 3.16. The van der Waals surface area contributed by atoms with Crippen molar-refractivity contribution in [3.05, 3.63) is 68.7 Å². The van der Waals surface area contributed by atoms with E-state index in [-0.39, 0.29) is 48.5 Å². The van der Waals surface area contributed by atoms with Crippen LogP contribution in [0.4, 0.5) is 5.69 Å². The molecule has 3 heteroatoms. The summed E-state index contributed by atoms with van der Waals surface area (Å²) in [6.45, 7) is 12.2. The van der Waals surface area contributed by atoms with E-state index >= 15 is 0 Å². The molecule has 1 aliphatic carbocycles. The number of rotatable bonds is 7. The average molecular weight is 462 g/mol. The van der Waals surface area contributed by atoms with E-state index in [4.69, 9.17) is 10.3 Å². The van der Waals surface area contributed by atoms with Crippen LogP contribution in [0.1, 0.15) is 89.7 Å². The van der Waals surface area contributed by atoms with Gasteiger partial charge in [0.2, 0.25) is 0 Å². The molecular weight excluding hydrogens is 420 g/mol. The maximum atomic E-state index is 5.15. The SMILES string of the molecule is CCCCN=C1CCCC=C1[N-]c1c(C(C)C)cccc1C(C)C.[CH3-].[CH3-].[CH3-].[Zr+4]. The molecule has 0 spiro atoms. The first-order valence-corrected chi connectivity index (χ1v) is 9.63. The third-order valence-corrected chi connectivity index (χ3v) is 4.64. The maximum Gasteiger partial charge on any atom is 4.00 e. The summed E-state index contributed by atoms with van der Waals surface area (Å²) in [5, 5.41) is 5.15. The zero-order valence-corrected chi connectivity index (χ0v) is 22.1. The topological polar surface area (TPSA) is 26.5 Å². The Morgan fingerprint density at radius 3 is 2.07 bits per heavy atom. The van der Waals surface area contributed by atoms with Crippen LogP contribution in [0.5, 0.6) is 0 Å². The number of hydrogen-bond donors (Lipinski definition) is 0. The van der Waals surface area contributed by atoms with E-state index in [1.165, 1.54) is 35.4 Å². The second-order valence-corrected chi connectivity index (χ2v) is 7.37. The molecule has 1 aromatic carbocycles. The van der Waals surface area contributed by atoms with Crippen LogP contribution in [0, 0.1) is 22.3 Å². The van der Waals surface area contributed by atoms with Gasteiger partial charge in [-0.3, -0.25) is 4.99 Å². The van der Waals surface area contributed by atoms with Gasteiger partial charge in [-0.1, -0.05) is 76.4 Å². The molecule has 2 rings (SSSR count). The average Bonchev–Trinajstić information content (AvgIpc) is 2.56. The second kappa shape index (κ2) is 16.1. The first-order chi connectivity index (χ1) is 11.5. The molecule has 156 valence electrons. The Morgan fingerprint density at radius 1 is 1.00 bits per heavy atom. The predicted octanol–water partition coefficient (Wildman–Crippen LogP) is 8.60. The minimum atomic E-state index is 0. The summed E-state index contributed by atoms with van der Waals surface area (Å²) in [6, 6.07) is 6.63. The summed E-state index contributed by atoms with van der Waals surface area (Å²) < 4.78 is 0. The van der Waals surface area contributed by atoms with E-state index in [0.29, 0.717) is 11.8 Å². The Kier molecular flexibility index (Phi) is 18.4. The van der Waals surface area contributed by atoms with Crippen LogP contribution in [-0.4, -0.2) is 12.3 Å². The van der Waals surface area contributed by atoms with Crippen molar-refractivity contribution in [2.75, 3.05) is 6.54 Å². The van der Waals surface area contributed by atoms with Crippen molar-refractivity contribution in [3.8, 4) is 0 Å². The standard InChI is InChI=1S/C22H33N2.3CH3.Zr/c1-6-7-15-23-20-13-8-9-14-21(20)24-22-18(16(2)3)11-10-12-19(22)17(4)5;;;;/h10-12,14,16-17H,6-9,13,15H2,1-5H3;3*1H3;/q4*-1;+4. The second-order valence-electron chi connectivity index (χ2n) is 7.37. The van der Waals surface area contributed by atoms with Gasteiger partial charge in [0.05, 0.1) is 0 Å². The van der Waals surface area contributed by atoms with Gasteiger partial charge in [-0.05, 0) is 37.5 Å². The van der Waals surface area contributed by atoms with Gasteiger partial charge in [0, 0.05) is 12.3 Å². The molecule has 0 fully saturated rings. The zero-order valence-electron chi connectivity index (χ0n) is 19.6. The summed E-state index contributed by atoms with van der Waals surface area (Å²) in [5.41, 5.74) is 6.20. The van der Waals surface area contributed by atoms with Crippen molar-refractivity contribution in [1.82, 2.24) is 0 Å². The van der Waals surface area contributed by atoms with Crippen molar-refractivity contribution in [2.45, 2.75) is 78.6 Å². The molecule has 28 heavy (non-hydrogen) atoms. The molecule has 2 nitrogen and oxygen atoms in total. The summed E-state index contributed by atoms with van der Waals surface area (Å²) in [7, 11) is 0. The van der Waals surface area contributed by atoms with Gasteiger partial charge in [-0.15, -0.1) is 11.4 Å². The Bertz CT molecular complexity index is 574.